The van der Waals surface area contributed by atoms with E-state index in [0.717, 1.165) is 22.7 Å². The summed E-state index contributed by atoms with van der Waals surface area (Å²) in [4.78, 5) is 1.99. The third-order valence-electron chi connectivity index (χ3n) is 2.67. The van der Waals surface area contributed by atoms with Gasteiger partial charge in [0.05, 0.1) is 32.4 Å². The van der Waals surface area contributed by atoms with Crippen molar-refractivity contribution in [3.05, 3.63) is 17.7 Å². The van der Waals surface area contributed by atoms with Crippen LogP contribution in [0.2, 0.25) is 0 Å². The Labute approximate surface area is 102 Å². The molecule has 0 unspecified atom stereocenters. The number of aryl methyl sites for hydroxylation is 1. The van der Waals surface area contributed by atoms with Gasteiger partial charge in [0, 0.05) is 19.7 Å². The fourth-order valence-electron chi connectivity index (χ4n) is 1.67. The van der Waals surface area contributed by atoms with Crippen molar-refractivity contribution in [1.29, 1.82) is 5.26 Å². The Kier molecular flexibility index (Phi) is 4.65. The molecular formula is C13H18N2O2. The van der Waals surface area contributed by atoms with Gasteiger partial charge in [0.15, 0.2) is 0 Å². The van der Waals surface area contributed by atoms with Crippen molar-refractivity contribution in [3.63, 3.8) is 0 Å². The molecule has 0 saturated carbocycles. The van der Waals surface area contributed by atoms with Crippen molar-refractivity contribution in [2.24, 2.45) is 0 Å². The smallest absolute Gasteiger partial charge is 0.142 e. The van der Waals surface area contributed by atoms with Crippen LogP contribution in [0.1, 0.15) is 12.0 Å². The van der Waals surface area contributed by atoms with Crippen molar-refractivity contribution >= 4 is 5.69 Å². The maximum atomic E-state index is 8.60. The van der Waals surface area contributed by atoms with E-state index < -0.39 is 0 Å². The first-order chi connectivity index (χ1) is 8.13. The molecule has 0 saturated heterocycles. The van der Waals surface area contributed by atoms with Crippen molar-refractivity contribution in [1.82, 2.24) is 0 Å². The molecule has 1 aromatic rings. The fourth-order valence-corrected chi connectivity index (χ4v) is 1.67. The van der Waals surface area contributed by atoms with E-state index in [1.807, 2.05) is 31.0 Å². The lowest BCUT2D eigenvalue weighted by Gasteiger charge is -2.22. The Bertz CT molecular complexity index is 424. The van der Waals surface area contributed by atoms with Crippen molar-refractivity contribution in [2.45, 2.75) is 13.3 Å². The quantitative estimate of drug-likeness (QED) is 0.784. The summed E-state index contributed by atoms with van der Waals surface area (Å²) in [6.07, 6.45) is 0.482. The average Bonchev–Trinajstić information content (AvgIpc) is 2.35. The highest BCUT2D eigenvalue weighted by Gasteiger charge is 2.12. The van der Waals surface area contributed by atoms with Crippen molar-refractivity contribution in [2.75, 3.05) is 32.7 Å². The summed E-state index contributed by atoms with van der Waals surface area (Å²) in [6, 6.07) is 6.01. The van der Waals surface area contributed by atoms with E-state index in [1.54, 1.807) is 14.2 Å². The van der Waals surface area contributed by atoms with Crippen molar-refractivity contribution in [3.8, 4) is 17.6 Å². The highest BCUT2D eigenvalue weighted by Crippen LogP contribution is 2.34. The van der Waals surface area contributed by atoms with Crippen LogP contribution in [-0.4, -0.2) is 27.8 Å². The highest BCUT2D eigenvalue weighted by atomic mass is 16.5. The number of anilines is 1. The lowest BCUT2D eigenvalue weighted by molar-refractivity contribution is 0.400. The summed E-state index contributed by atoms with van der Waals surface area (Å²) in [5.74, 6) is 1.62. The number of hydrogen-bond acceptors (Lipinski definition) is 4. The van der Waals surface area contributed by atoms with Gasteiger partial charge in [-0.15, -0.1) is 0 Å². The predicted molar refractivity (Wildman–Crippen MR) is 67.8 cm³/mol. The molecule has 92 valence electrons. The Morgan fingerprint density at radius 1 is 1.24 bits per heavy atom. The van der Waals surface area contributed by atoms with E-state index in [4.69, 9.17) is 14.7 Å². The first-order valence-electron chi connectivity index (χ1n) is 5.44. The lowest BCUT2D eigenvalue weighted by atomic mass is 10.1. The van der Waals surface area contributed by atoms with Gasteiger partial charge >= 0.3 is 0 Å². The van der Waals surface area contributed by atoms with Crippen LogP contribution in [0.4, 0.5) is 5.69 Å². The summed E-state index contributed by atoms with van der Waals surface area (Å²) in [7, 11) is 5.22. The highest BCUT2D eigenvalue weighted by molar-refractivity contribution is 5.63. The Hall–Kier alpha value is -1.89. The topological polar surface area (TPSA) is 45.5 Å². The second kappa shape index (κ2) is 6.00. The summed E-state index contributed by atoms with van der Waals surface area (Å²) in [6.45, 7) is 2.64. The van der Waals surface area contributed by atoms with Gasteiger partial charge in [-0.1, -0.05) is 0 Å². The molecule has 0 bridgehead atoms. The molecular weight excluding hydrogens is 216 g/mol. The van der Waals surface area contributed by atoms with Crippen LogP contribution in [-0.2, 0) is 0 Å². The normalized spacial score (nSPS) is 9.59. The maximum absolute atomic E-state index is 8.60. The van der Waals surface area contributed by atoms with Crippen LogP contribution in [0.3, 0.4) is 0 Å². The molecule has 0 fully saturated rings. The number of nitriles is 1. The van der Waals surface area contributed by atoms with Crippen LogP contribution < -0.4 is 14.4 Å². The number of ether oxygens (including phenoxy) is 2. The maximum Gasteiger partial charge on any atom is 0.142 e. The molecule has 4 heteroatoms. The molecule has 4 nitrogen and oxygen atoms in total. The minimum absolute atomic E-state index is 0.482. The molecule has 17 heavy (non-hydrogen) atoms. The molecule has 0 N–H and O–H groups in total. The molecule has 0 aliphatic carbocycles. The molecule has 0 radical (unpaired) electrons. The second-order valence-corrected chi connectivity index (χ2v) is 3.82. The first-order valence-corrected chi connectivity index (χ1v) is 5.44. The number of benzene rings is 1. The molecule has 0 aromatic heterocycles. The monoisotopic (exact) mass is 234 g/mol. The Morgan fingerprint density at radius 3 is 2.41 bits per heavy atom. The SMILES string of the molecule is COc1cc(N(C)CCC#N)c(OC)cc1C. The van der Waals surface area contributed by atoms with E-state index in [9.17, 15) is 0 Å². The fraction of sp³-hybridized carbons (Fsp3) is 0.462. The molecule has 0 amide bonds. The van der Waals surface area contributed by atoms with E-state index >= 15 is 0 Å². The number of rotatable bonds is 5. The molecule has 1 rings (SSSR count). The molecule has 0 aliphatic heterocycles. The summed E-state index contributed by atoms with van der Waals surface area (Å²) < 4.78 is 10.6. The van der Waals surface area contributed by atoms with Gasteiger partial charge < -0.3 is 14.4 Å². The lowest BCUT2D eigenvalue weighted by Crippen LogP contribution is -2.19. The summed E-state index contributed by atoms with van der Waals surface area (Å²) >= 11 is 0. The minimum Gasteiger partial charge on any atom is -0.496 e. The van der Waals surface area contributed by atoms with E-state index in [-0.39, 0.29) is 0 Å². The predicted octanol–water partition coefficient (Wildman–Crippen LogP) is 2.36. The van der Waals surface area contributed by atoms with Gasteiger partial charge in [-0.25, -0.2) is 0 Å². The van der Waals surface area contributed by atoms with Crippen LogP contribution in [0.25, 0.3) is 0 Å². The Balaban J connectivity index is 3.07. The Morgan fingerprint density at radius 2 is 1.88 bits per heavy atom. The zero-order chi connectivity index (χ0) is 12.8. The molecule has 0 spiro atoms. The molecule has 0 heterocycles. The van der Waals surface area contributed by atoms with Gasteiger partial charge in [-0.3, -0.25) is 0 Å². The van der Waals surface area contributed by atoms with Crippen LogP contribution in [0.5, 0.6) is 11.5 Å². The van der Waals surface area contributed by atoms with E-state index in [1.165, 1.54) is 0 Å². The van der Waals surface area contributed by atoms with E-state index in [0.29, 0.717) is 13.0 Å². The van der Waals surface area contributed by atoms with Gasteiger partial charge in [-0.2, -0.15) is 5.26 Å². The van der Waals surface area contributed by atoms with Gasteiger partial charge in [0.25, 0.3) is 0 Å². The van der Waals surface area contributed by atoms with Crippen LogP contribution in [0.15, 0.2) is 12.1 Å². The first kappa shape index (κ1) is 13.2. The van der Waals surface area contributed by atoms with Crippen molar-refractivity contribution < 1.29 is 9.47 Å². The standard InChI is InChI=1S/C13H18N2O2/c1-10-8-13(17-4)11(9-12(10)16-3)15(2)7-5-6-14/h8-9H,5,7H2,1-4H3. The third kappa shape index (κ3) is 3.04. The van der Waals surface area contributed by atoms with E-state index in [2.05, 4.69) is 6.07 Å². The van der Waals surface area contributed by atoms with Gasteiger partial charge in [0.1, 0.15) is 11.5 Å². The minimum atomic E-state index is 0.482. The summed E-state index contributed by atoms with van der Waals surface area (Å²) in [5.41, 5.74) is 1.96. The molecule has 0 aliphatic rings. The number of methoxy groups -OCH3 is 2. The zero-order valence-electron chi connectivity index (χ0n) is 10.8. The average molecular weight is 234 g/mol. The third-order valence-corrected chi connectivity index (χ3v) is 2.67. The van der Waals surface area contributed by atoms with Gasteiger partial charge in [-0.05, 0) is 18.6 Å². The molecule has 0 atom stereocenters. The zero-order valence-corrected chi connectivity index (χ0v) is 10.8. The molecule has 1 aromatic carbocycles. The number of hydrogen-bond donors (Lipinski definition) is 0. The summed E-state index contributed by atoms with van der Waals surface area (Å²) in [5, 5.41) is 8.60. The van der Waals surface area contributed by atoms with Gasteiger partial charge in [0.2, 0.25) is 0 Å². The second-order valence-electron chi connectivity index (χ2n) is 3.82. The largest absolute Gasteiger partial charge is 0.496 e. The van der Waals surface area contributed by atoms with Crippen LogP contribution >= 0.6 is 0 Å². The number of nitrogens with zero attached hydrogens (tertiary/aromatic N) is 2. The van der Waals surface area contributed by atoms with Crippen LogP contribution in [0, 0.1) is 18.3 Å².